The highest BCUT2D eigenvalue weighted by Gasteiger charge is 2.08. The van der Waals surface area contributed by atoms with Crippen molar-refractivity contribution < 1.29 is 4.79 Å². The summed E-state index contributed by atoms with van der Waals surface area (Å²) in [6, 6.07) is 19.0. The molecule has 27 heavy (non-hydrogen) atoms. The Morgan fingerprint density at radius 3 is 2.33 bits per heavy atom. The molecule has 2 N–H and O–H groups in total. The number of aromatic nitrogens is 1. The van der Waals surface area contributed by atoms with Crippen LogP contribution in [0, 0.1) is 0 Å². The maximum absolute atomic E-state index is 12.3. The number of amides is 1. The van der Waals surface area contributed by atoms with Gasteiger partial charge in [-0.1, -0.05) is 29.8 Å². The summed E-state index contributed by atoms with van der Waals surface area (Å²) in [4.78, 5) is 18.5. The predicted molar refractivity (Wildman–Crippen MR) is 111 cm³/mol. The highest BCUT2D eigenvalue weighted by Crippen LogP contribution is 2.20. The minimum atomic E-state index is -0.239. The molecule has 0 atom stereocenters. The van der Waals surface area contributed by atoms with E-state index in [1.807, 2.05) is 67.5 Å². The topological polar surface area (TPSA) is 57.3 Å². The lowest BCUT2D eigenvalue weighted by molar-refractivity contribution is 0.0946. The molecule has 0 saturated heterocycles. The van der Waals surface area contributed by atoms with E-state index in [1.165, 1.54) is 0 Å². The summed E-state index contributed by atoms with van der Waals surface area (Å²) in [5.41, 5.74) is 4.13. The third-order valence-corrected chi connectivity index (χ3v) is 4.43. The Kier molecular flexibility index (Phi) is 5.94. The van der Waals surface area contributed by atoms with Gasteiger partial charge in [-0.25, -0.2) is 4.98 Å². The van der Waals surface area contributed by atoms with Gasteiger partial charge < -0.3 is 15.5 Å². The number of nitrogens with one attached hydrogen (secondary N) is 2. The van der Waals surface area contributed by atoms with Gasteiger partial charge in [-0.15, -0.1) is 0 Å². The molecule has 6 heteroatoms. The second kappa shape index (κ2) is 8.56. The summed E-state index contributed by atoms with van der Waals surface area (Å²) in [5, 5.41) is 6.73. The van der Waals surface area contributed by atoms with Crippen molar-refractivity contribution >= 4 is 34.6 Å². The number of carbonyl (C=O) groups excluding carboxylic acids is 1. The number of hydrogen-bond acceptors (Lipinski definition) is 4. The van der Waals surface area contributed by atoms with E-state index in [9.17, 15) is 4.79 Å². The van der Waals surface area contributed by atoms with E-state index < -0.39 is 0 Å². The fourth-order valence-corrected chi connectivity index (χ4v) is 2.72. The van der Waals surface area contributed by atoms with Crippen LogP contribution in [0.3, 0.4) is 0 Å². The average Bonchev–Trinajstić information content (AvgIpc) is 2.68. The SMILES string of the molecule is CN(C)c1ccc(Nc2ccc(C(=O)NCc3ccccc3Cl)nc2)cc1. The summed E-state index contributed by atoms with van der Waals surface area (Å²) in [7, 11) is 4.00. The Hall–Kier alpha value is -3.05. The summed E-state index contributed by atoms with van der Waals surface area (Å²) in [6.07, 6.45) is 1.64. The molecule has 0 unspecified atom stereocenters. The molecule has 0 bridgehead atoms. The fraction of sp³-hybridized carbons (Fsp3) is 0.143. The van der Waals surface area contributed by atoms with Gasteiger partial charge in [0.05, 0.1) is 11.9 Å². The first-order valence-electron chi connectivity index (χ1n) is 8.55. The van der Waals surface area contributed by atoms with Gasteiger partial charge in [-0.3, -0.25) is 4.79 Å². The molecular formula is C21H21ClN4O. The third-order valence-electron chi connectivity index (χ3n) is 4.07. The molecule has 1 aromatic heterocycles. The quantitative estimate of drug-likeness (QED) is 0.662. The van der Waals surface area contributed by atoms with Crippen LogP contribution in [-0.4, -0.2) is 25.0 Å². The van der Waals surface area contributed by atoms with Crippen molar-refractivity contribution in [2.24, 2.45) is 0 Å². The van der Waals surface area contributed by atoms with Gasteiger partial charge in [0.25, 0.3) is 5.91 Å². The van der Waals surface area contributed by atoms with Crippen LogP contribution in [-0.2, 0) is 6.54 Å². The molecule has 0 saturated carbocycles. The monoisotopic (exact) mass is 380 g/mol. The van der Waals surface area contributed by atoms with E-state index in [-0.39, 0.29) is 5.91 Å². The molecule has 1 amide bonds. The van der Waals surface area contributed by atoms with Crippen molar-refractivity contribution in [2.75, 3.05) is 24.3 Å². The van der Waals surface area contributed by atoms with Crippen molar-refractivity contribution in [1.29, 1.82) is 0 Å². The molecule has 3 aromatic rings. The number of carbonyl (C=O) groups is 1. The Labute approximate surface area is 164 Å². The minimum absolute atomic E-state index is 0.239. The van der Waals surface area contributed by atoms with Crippen LogP contribution in [0.25, 0.3) is 0 Å². The van der Waals surface area contributed by atoms with E-state index in [0.717, 1.165) is 22.6 Å². The third kappa shape index (κ3) is 4.99. The van der Waals surface area contributed by atoms with Gasteiger partial charge in [-0.2, -0.15) is 0 Å². The number of benzene rings is 2. The zero-order chi connectivity index (χ0) is 19.2. The zero-order valence-electron chi connectivity index (χ0n) is 15.2. The van der Waals surface area contributed by atoms with Crippen molar-refractivity contribution in [1.82, 2.24) is 10.3 Å². The first kappa shape index (κ1) is 18.7. The van der Waals surface area contributed by atoms with Crippen LogP contribution in [0.5, 0.6) is 0 Å². The highest BCUT2D eigenvalue weighted by atomic mass is 35.5. The Bertz CT molecular complexity index is 908. The molecule has 0 aliphatic heterocycles. The number of nitrogens with zero attached hydrogens (tertiary/aromatic N) is 2. The van der Waals surface area contributed by atoms with E-state index in [1.54, 1.807) is 18.3 Å². The first-order valence-corrected chi connectivity index (χ1v) is 8.93. The molecule has 3 rings (SSSR count). The standard InChI is InChI=1S/C21H21ClN4O/c1-26(2)18-10-7-16(8-11-18)25-17-9-12-20(23-14-17)21(27)24-13-15-5-3-4-6-19(15)22/h3-12,14,25H,13H2,1-2H3,(H,24,27). The van der Waals surface area contributed by atoms with E-state index in [0.29, 0.717) is 17.3 Å². The van der Waals surface area contributed by atoms with Crippen LogP contribution >= 0.6 is 11.6 Å². The van der Waals surface area contributed by atoms with Crippen LogP contribution in [0.4, 0.5) is 17.1 Å². The van der Waals surface area contributed by atoms with Gasteiger partial charge in [0.2, 0.25) is 0 Å². The van der Waals surface area contributed by atoms with E-state index >= 15 is 0 Å². The van der Waals surface area contributed by atoms with Gasteiger partial charge >= 0.3 is 0 Å². The molecule has 0 radical (unpaired) electrons. The van der Waals surface area contributed by atoms with E-state index in [4.69, 9.17) is 11.6 Å². The molecule has 1 heterocycles. The van der Waals surface area contributed by atoms with Crippen LogP contribution in [0.15, 0.2) is 66.9 Å². The van der Waals surface area contributed by atoms with Gasteiger partial charge in [0, 0.05) is 37.0 Å². The second-order valence-electron chi connectivity index (χ2n) is 6.27. The summed E-state index contributed by atoms with van der Waals surface area (Å²) in [5.74, 6) is -0.239. The molecule has 5 nitrogen and oxygen atoms in total. The molecular weight excluding hydrogens is 360 g/mol. The molecule has 0 spiro atoms. The number of hydrogen-bond donors (Lipinski definition) is 2. The van der Waals surface area contributed by atoms with Crippen molar-refractivity contribution in [2.45, 2.75) is 6.54 Å². The number of pyridine rings is 1. The normalized spacial score (nSPS) is 10.3. The Balaban J connectivity index is 1.59. The van der Waals surface area contributed by atoms with Gasteiger partial charge in [-0.05, 0) is 48.0 Å². The van der Waals surface area contributed by atoms with Crippen LogP contribution < -0.4 is 15.5 Å². The second-order valence-corrected chi connectivity index (χ2v) is 6.68. The molecule has 0 fully saturated rings. The highest BCUT2D eigenvalue weighted by molar-refractivity contribution is 6.31. The lowest BCUT2D eigenvalue weighted by Crippen LogP contribution is -2.23. The number of rotatable bonds is 6. The van der Waals surface area contributed by atoms with Crippen molar-refractivity contribution in [3.05, 3.63) is 83.1 Å². The van der Waals surface area contributed by atoms with Crippen molar-refractivity contribution in [3.63, 3.8) is 0 Å². The fourth-order valence-electron chi connectivity index (χ4n) is 2.52. The minimum Gasteiger partial charge on any atom is -0.378 e. The van der Waals surface area contributed by atoms with E-state index in [2.05, 4.69) is 15.6 Å². The maximum atomic E-state index is 12.3. The molecule has 2 aromatic carbocycles. The summed E-state index contributed by atoms with van der Waals surface area (Å²) >= 11 is 6.10. The van der Waals surface area contributed by atoms with Crippen LogP contribution in [0.1, 0.15) is 16.1 Å². The van der Waals surface area contributed by atoms with Crippen LogP contribution in [0.2, 0.25) is 5.02 Å². The molecule has 0 aliphatic carbocycles. The van der Waals surface area contributed by atoms with Crippen molar-refractivity contribution in [3.8, 4) is 0 Å². The Morgan fingerprint density at radius 2 is 1.70 bits per heavy atom. The summed E-state index contributed by atoms with van der Waals surface area (Å²) < 4.78 is 0. The predicted octanol–water partition coefficient (Wildman–Crippen LogP) is 4.47. The summed E-state index contributed by atoms with van der Waals surface area (Å²) in [6.45, 7) is 0.360. The lowest BCUT2D eigenvalue weighted by atomic mass is 10.2. The average molecular weight is 381 g/mol. The molecule has 138 valence electrons. The van der Waals surface area contributed by atoms with Gasteiger partial charge in [0.1, 0.15) is 5.69 Å². The molecule has 0 aliphatic rings. The zero-order valence-corrected chi connectivity index (χ0v) is 16.0. The smallest absolute Gasteiger partial charge is 0.270 e. The Morgan fingerprint density at radius 1 is 1.00 bits per heavy atom. The maximum Gasteiger partial charge on any atom is 0.270 e. The number of anilines is 3. The number of halogens is 1. The van der Waals surface area contributed by atoms with Gasteiger partial charge in [0.15, 0.2) is 0 Å². The lowest BCUT2D eigenvalue weighted by Gasteiger charge is -2.13. The largest absolute Gasteiger partial charge is 0.378 e. The first-order chi connectivity index (χ1) is 13.0.